The zero-order valence-corrected chi connectivity index (χ0v) is 17.1. The monoisotopic (exact) mass is 436 g/mol. The normalized spacial score (nSPS) is 14.6. The lowest BCUT2D eigenvalue weighted by Gasteiger charge is -2.33. The van der Waals surface area contributed by atoms with Crippen molar-refractivity contribution in [3.8, 4) is 29.1 Å². The summed E-state index contributed by atoms with van der Waals surface area (Å²) in [5, 5.41) is 14.2. The summed E-state index contributed by atoms with van der Waals surface area (Å²) in [5.41, 5.74) is 1.11. The van der Waals surface area contributed by atoms with Crippen LogP contribution in [0.4, 0.5) is 5.88 Å². The topological polar surface area (TPSA) is 108 Å². The average Bonchev–Trinajstić information content (AvgIpc) is 3.55. The van der Waals surface area contributed by atoms with Crippen molar-refractivity contribution >= 4 is 17.5 Å². The van der Waals surface area contributed by atoms with E-state index in [0.29, 0.717) is 53.9 Å². The highest BCUT2D eigenvalue weighted by molar-refractivity contribution is 6.30. The molecule has 0 radical (unpaired) electrons. The fraction of sp³-hybridized carbons (Fsp3) is 0.238. The van der Waals surface area contributed by atoms with Crippen LogP contribution in [0, 0.1) is 11.3 Å². The van der Waals surface area contributed by atoms with Crippen LogP contribution in [0.15, 0.2) is 56.0 Å². The van der Waals surface area contributed by atoms with Crippen molar-refractivity contribution in [3.63, 3.8) is 0 Å². The Balaban J connectivity index is 1.22. The minimum Gasteiger partial charge on any atom is -0.459 e. The number of oxazole rings is 1. The number of rotatable bonds is 5. The number of aromatic nitrogens is 3. The van der Waals surface area contributed by atoms with Crippen LogP contribution in [0.25, 0.3) is 23.0 Å². The van der Waals surface area contributed by atoms with Crippen molar-refractivity contribution in [2.45, 2.75) is 6.54 Å². The van der Waals surface area contributed by atoms with Gasteiger partial charge in [0, 0.05) is 36.8 Å². The van der Waals surface area contributed by atoms with Crippen LogP contribution in [0.1, 0.15) is 11.6 Å². The fourth-order valence-corrected chi connectivity index (χ4v) is 3.57. The summed E-state index contributed by atoms with van der Waals surface area (Å²) < 4.78 is 16.6. The van der Waals surface area contributed by atoms with Gasteiger partial charge >= 0.3 is 0 Å². The molecule has 0 N–H and O–H groups in total. The maximum absolute atomic E-state index is 9.44. The highest BCUT2D eigenvalue weighted by Gasteiger charge is 2.26. The van der Waals surface area contributed by atoms with E-state index in [1.165, 1.54) is 0 Å². The number of nitrogens with zero attached hydrogens (tertiary/aromatic N) is 6. The third-order valence-corrected chi connectivity index (χ3v) is 5.29. The maximum Gasteiger partial charge on any atom is 0.266 e. The van der Waals surface area contributed by atoms with Crippen molar-refractivity contribution in [3.05, 3.63) is 59.3 Å². The molecule has 156 valence electrons. The van der Waals surface area contributed by atoms with Gasteiger partial charge in [-0.15, -0.1) is 0 Å². The van der Waals surface area contributed by atoms with E-state index in [9.17, 15) is 5.26 Å². The Hall–Kier alpha value is -3.61. The standard InChI is InChI=1S/C21H17ClN6O3/c22-15-5-3-14(4-6-15)19-25-18(31-26-19)13-27-7-9-28(10-8-27)21-16(12-23)24-20(30-21)17-2-1-11-29-17/h1-6,11H,7-10,13H2. The number of nitriles is 1. The smallest absolute Gasteiger partial charge is 0.266 e. The Morgan fingerprint density at radius 3 is 2.58 bits per heavy atom. The predicted molar refractivity (Wildman–Crippen MR) is 111 cm³/mol. The minimum atomic E-state index is 0.254. The molecule has 1 aromatic carbocycles. The van der Waals surface area contributed by atoms with Crippen LogP contribution < -0.4 is 4.90 Å². The van der Waals surface area contributed by atoms with Crippen molar-refractivity contribution in [2.24, 2.45) is 0 Å². The SMILES string of the molecule is N#Cc1nc(-c2ccco2)oc1N1CCN(Cc2nc(-c3ccc(Cl)cc3)no2)CC1. The quantitative estimate of drug-likeness (QED) is 0.461. The Morgan fingerprint density at radius 2 is 1.87 bits per heavy atom. The number of piperazine rings is 1. The molecule has 0 saturated carbocycles. The predicted octanol–water partition coefficient (Wildman–Crippen LogP) is 3.83. The summed E-state index contributed by atoms with van der Waals surface area (Å²) in [4.78, 5) is 13.0. The van der Waals surface area contributed by atoms with Crippen LogP contribution in [0.5, 0.6) is 0 Å². The maximum atomic E-state index is 9.44. The second-order valence-corrected chi connectivity index (χ2v) is 7.48. The summed E-state index contributed by atoms with van der Waals surface area (Å²) in [5.74, 6) is 2.36. The van der Waals surface area contributed by atoms with Crippen LogP contribution in [0.2, 0.25) is 5.02 Å². The fourth-order valence-electron chi connectivity index (χ4n) is 3.44. The Kier molecular flexibility index (Phi) is 5.16. The summed E-state index contributed by atoms with van der Waals surface area (Å²) in [6.45, 7) is 3.41. The largest absolute Gasteiger partial charge is 0.459 e. The molecule has 1 fully saturated rings. The van der Waals surface area contributed by atoms with Crippen LogP contribution >= 0.6 is 11.6 Å². The number of halogens is 1. The molecule has 1 aliphatic heterocycles. The molecule has 0 unspecified atom stereocenters. The van der Waals surface area contributed by atoms with Gasteiger partial charge in [0.1, 0.15) is 6.07 Å². The summed E-state index contributed by atoms with van der Waals surface area (Å²) in [6, 6.07) is 12.9. The van der Waals surface area contributed by atoms with E-state index in [0.717, 1.165) is 18.7 Å². The van der Waals surface area contributed by atoms with Gasteiger partial charge in [0.15, 0.2) is 5.76 Å². The number of benzene rings is 1. The lowest BCUT2D eigenvalue weighted by molar-refractivity contribution is 0.213. The van der Waals surface area contributed by atoms with Crippen molar-refractivity contribution in [1.82, 2.24) is 20.0 Å². The molecule has 3 aromatic heterocycles. The molecular formula is C21H17ClN6O3. The van der Waals surface area contributed by atoms with Crippen LogP contribution in [0.3, 0.4) is 0 Å². The lowest BCUT2D eigenvalue weighted by atomic mass is 10.2. The molecule has 31 heavy (non-hydrogen) atoms. The van der Waals surface area contributed by atoms with Crippen molar-refractivity contribution in [1.29, 1.82) is 5.26 Å². The summed E-state index contributed by atoms with van der Waals surface area (Å²) in [7, 11) is 0. The van der Waals surface area contributed by atoms with Gasteiger partial charge in [0.25, 0.3) is 5.89 Å². The number of anilines is 1. The second-order valence-electron chi connectivity index (χ2n) is 7.04. The molecule has 1 aliphatic rings. The first-order chi connectivity index (χ1) is 15.2. The molecule has 4 aromatic rings. The third-order valence-electron chi connectivity index (χ3n) is 5.04. The van der Waals surface area contributed by atoms with Gasteiger partial charge < -0.3 is 18.3 Å². The van der Waals surface area contributed by atoms with Crippen LogP contribution in [-0.4, -0.2) is 46.2 Å². The Bertz CT molecular complexity index is 1200. The van der Waals surface area contributed by atoms with Crippen molar-refractivity contribution < 1.29 is 13.4 Å². The van der Waals surface area contributed by atoms with Gasteiger partial charge in [0.05, 0.1) is 12.8 Å². The van der Waals surface area contributed by atoms with E-state index in [-0.39, 0.29) is 5.69 Å². The first-order valence-corrected chi connectivity index (χ1v) is 10.1. The first kappa shape index (κ1) is 19.4. The first-order valence-electron chi connectivity index (χ1n) is 9.70. The molecule has 4 heterocycles. The molecule has 0 spiro atoms. The van der Waals surface area contributed by atoms with E-state index >= 15 is 0 Å². The minimum absolute atomic E-state index is 0.254. The molecule has 1 saturated heterocycles. The lowest BCUT2D eigenvalue weighted by Crippen LogP contribution is -2.46. The summed E-state index contributed by atoms with van der Waals surface area (Å²) >= 11 is 5.93. The van der Waals surface area contributed by atoms with Gasteiger partial charge in [-0.25, -0.2) is 0 Å². The molecule has 0 bridgehead atoms. The van der Waals surface area contributed by atoms with E-state index < -0.39 is 0 Å². The van der Waals surface area contributed by atoms with Gasteiger partial charge in [-0.3, -0.25) is 4.90 Å². The number of hydrogen-bond donors (Lipinski definition) is 0. The highest BCUT2D eigenvalue weighted by atomic mass is 35.5. The van der Waals surface area contributed by atoms with E-state index in [1.807, 2.05) is 17.0 Å². The van der Waals surface area contributed by atoms with Crippen molar-refractivity contribution in [2.75, 3.05) is 31.1 Å². The molecule has 0 aliphatic carbocycles. The molecule has 0 atom stereocenters. The number of hydrogen-bond acceptors (Lipinski definition) is 9. The molecule has 9 nitrogen and oxygen atoms in total. The zero-order valence-electron chi connectivity index (χ0n) is 16.4. The van der Waals surface area contributed by atoms with E-state index in [4.69, 9.17) is 25.0 Å². The van der Waals surface area contributed by atoms with E-state index in [2.05, 4.69) is 26.1 Å². The second kappa shape index (κ2) is 8.26. The number of furan rings is 1. The molecule has 0 amide bonds. The Labute approximate surface area is 182 Å². The zero-order chi connectivity index (χ0) is 21.2. The van der Waals surface area contributed by atoms with Gasteiger partial charge in [-0.1, -0.05) is 16.8 Å². The third kappa shape index (κ3) is 4.03. The van der Waals surface area contributed by atoms with E-state index in [1.54, 1.807) is 30.5 Å². The van der Waals surface area contributed by atoms with Gasteiger partial charge in [0.2, 0.25) is 23.3 Å². The molecule has 10 heteroatoms. The average molecular weight is 437 g/mol. The summed E-state index contributed by atoms with van der Waals surface area (Å²) in [6.07, 6.45) is 1.54. The Morgan fingerprint density at radius 1 is 1.06 bits per heavy atom. The molecular weight excluding hydrogens is 420 g/mol. The van der Waals surface area contributed by atoms with Crippen LogP contribution in [-0.2, 0) is 6.54 Å². The molecule has 5 rings (SSSR count). The van der Waals surface area contributed by atoms with Gasteiger partial charge in [-0.05, 0) is 36.4 Å². The van der Waals surface area contributed by atoms with Gasteiger partial charge in [-0.2, -0.15) is 15.2 Å². The highest BCUT2D eigenvalue weighted by Crippen LogP contribution is 2.29.